The highest BCUT2D eigenvalue weighted by Gasteiger charge is 2.17. The second-order valence-electron chi connectivity index (χ2n) is 8.34. The van der Waals surface area contributed by atoms with Crippen molar-refractivity contribution in [1.29, 1.82) is 0 Å². The minimum Gasteiger partial charge on any atom is -0.488 e. The second-order valence-corrected chi connectivity index (χ2v) is 9.26. The van der Waals surface area contributed by atoms with Crippen LogP contribution in [0.5, 0.6) is 5.75 Å². The molecule has 0 amide bonds. The molecule has 0 saturated carbocycles. The molecule has 1 saturated heterocycles. The lowest BCUT2D eigenvalue weighted by Crippen LogP contribution is -2.37. The fourth-order valence-corrected chi connectivity index (χ4v) is 4.06. The normalized spacial score (nSPS) is 13.5. The summed E-state index contributed by atoms with van der Waals surface area (Å²) in [5, 5.41) is 7.59. The molecule has 0 spiro atoms. The van der Waals surface area contributed by atoms with E-state index in [1.54, 1.807) is 18.3 Å². The topological polar surface area (TPSA) is 96.8 Å². The van der Waals surface area contributed by atoms with Gasteiger partial charge in [-0.25, -0.2) is 9.82 Å². The fraction of sp³-hybridized carbons (Fsp3) is 0.185. The molecular formula is C27H25BrFN7O2. The molecule has 4 aromatic rings. The Bertz CT molecular complexity index is 1380. The van der Waals surface area contributed by atoms with Crippen molar-refractivity contribution >= 4 is 45.7 Å². The van der Waals surface area contributed by atoms with E-state index >= 15 is 0 Å². The van der Waals surface area contributed by atoms with Gasteiger partial charge in [0.15, 0.2) is 0 Å². The average Bonchev–Trinajstić information content (AvgIpc) is 2.94. The van der Waals surface area contributed by atoms with Crippen molar-refractivity contribution in [2.24, 2.45) is 5.10 Å². The Balaban J connectivity index is 1.34. The lowest BCUT2D eigenvalue weighted by atomic mass is 10.2. The van der Waals surface area contributed by atoms with Crippen LogP contribution in [0.3, 0.4) is 0 Å². The van der Waals surface area contributed by atoms with Crippen molar-refractivity contribution in [3.05, 3.63) is 94.2 Å². The predicted octanol–water partition coefficient (Wildman–Crippen LogP) is 5.38. The molecule has 1 aliphatic heterocycles. The number of anilines is 4. The summed E-state index contributed by atoms with van der Waals surface area (Å²) in [5.41, 5.74) is 5.37. The maximum absolute atomic E-state index is 13.2. The fourth-order valence-electron chi connectivity index (χ4n) is 3.68. The number of halogens is 2. The summed E-state index contributed by atoms with van der Waals surface area (Å²) in [6.07, 6.45) is 1.63. The second kappa shape index (κ2) is 12.4. The highest BCUT2D eigenvalue weighted by Crippen LogP contribution is 2.23. The summed E-state index contributed by atoms with van der Waals surface area (Å²) < 4.78 is 25.5. The minimum absolute atomic E-state index is 0.284. The zero-order valence-corrected chi connectivity index (χ0v) is 21.9. The number of nitrogens with zero attached hydrogens (tertiary/aromatic N) is 5. The number of para-hydroxylation sites is 1. The maximum Gasteiger partial charge on any atom is 0.250 e. The molecule has 38 heavy (non-hydrogen) atoms. The number of hydrogen-bond acceptors (Lipinski definition) is 9. The molecule has 11 heteroatoms. The van der Waals surface area contributed by atoms with Crippen LogP contribution in [0.1, 0.15) is 11.1 Å². The van der Waals surface area contributed by atoms with Gasteiger partial charge in [0, 0.05) is 28.8 Å². The van der Waals surface area contributed by atoms with Gasteiger partial charge < -0.3 is 19.7 Å². The Morgan fingerprint density at radius 2 is 1.74 bits per heavy atom. The minimum atomic E-state index is -0.284. The van der Waals surface area contributed by atoms with Crippen molar-refractivity contribution in [3.63, 3.8) is 0 Å². The van der Waals surface area contributed by atoms with Gasteiger partial charge in [-0.2, -0.15) is 20.1 Å². The van der Waals surface area contributed by atoms with Gasteiger partial charge in [0.05, 0.1) is 19.4 Å². The van der Waals surface area contributed by atoms with E-state index in [0.717, 1.165) is 21.3 Å². The van der Waals surface area contributed by atoms with E-state index in [1.807, 2.05) is 53.4 Å². The van der Waals surface area contributed by atoms with E-state index < -0.39 is 0 Å². The molecule has 1 fully saturated rings. The first-order valence-corrected chi connectivity index (χ1v) is 12.8. The molecular weight excluding hydrogens is 553 g/mol. The standard InChI is InChI=1S/C27H25BrFN7O2/c28-21-8-11-24(38-18-19-6-9-22(29)10-7-19)20(16-21)17-30-35-26-32-25(31-23-4-2-1-3-5-23)33-27(34-26)36-12-14-37-15-13-36/h1-11,16-17H,12-15,18H2,(H2,31,32,33,34,35)/b30-17+. The Morgan fingerprint density at radius 1 is 0.974 bits per heavy atom. The summed E-state index contributed by atoms with van der Waals surface area (Å²) in [5.74, 6) is 1.56. The smallest absolute Gasteiger partial charge is 0.250 e. The van der Waals surface area contributed by atoms with Crippen LogP contribution in [0, 0.1) is 5.82 Å². The first-order chi connectivity index (χ1) is 18.6. The van der Waals surface area contributed by atoms with E-state index in [1.165, 1.54) is 12.1 Å². The molecule has 2 N–H and O–H groups in total. The number of ether oxygens (including phenoxy) is 2. The Kier molecular flexibility index (Phi) is 8.36. The third kappa shape index (κ3) is 7.02. The number of rotatable bonds is 9. The molecule has 194 valence electrons. The van der Waals surface area contributed by atoms with Crippen molar-refractivity contribution in [3.8, 4) is 5.75 Å². The van der Waals surface area contributed by atoms with Gasteiger partial charge in [-0.3, -0.25) is 0 Å². The molecule has 3 aromatic carbocycles. The van der Waals surface area contributed by atoms with Crippen LogP contribution < -0.4 is 20.4 Å². The molecule has 1 aromatic heterocycles. The lowest BCUT2D eigenvalue weighted by Gasteiger charge is -2.27. The summed E-state index contributed by atoms with van der Waals surface area (Å²) in [4.78, 5) is 15.7. The van der Waals surface area contributed by atoms with Gasteiger partial charge in [-0.05, 0) is 48.0 Å². The summed E-state index contributed by atoms with van der Waals surface area (Å²) in [6, 6.07) is 21.5. The van der Waals surface area contributed by atoms with E-state index in [4.69, 9.17) is 9.47 Å². The van der Waals surface area contributed by atoms with Crippen molar-refractivity contribution in [2.45, 2.75) is 6.61 Å². The third-order valence-corrected chi connectivity index (χ3v) is 6.09. The van der Waals surface area contributed by atoms with Gasteiger partial charge >= 0.3 is 0 Å². The maximum atomic E-state index is 13.2. The Hall–Kier alpha value is -4.09. The molecule has 0 bridgehead atoms. The molecule has 2 heterocycles. The summed E-state index contributed by atoms with van der Waals surface area (Å²) >= 11 is 3.50. The van der Waals surface area contributed by atoms with Crippen molar-refractivity contribution in [1.82, 2.24) is 15.0 Å². The quantitative estimate of drug-likeness (QED) is 0.202. The van der Waals surface area contributed by atoms with Crippen LogP contribution in [-0.4, -0.2) is 47.5 Å². The van der Waals surface area contributed by atoms with Gasteiger partial charge in [0.25, 0.3) is 0 Å². The molecule has 1 aliphatic rings. The largest absolute Gasteiger partial charge is 0.488 e. The first kappa shape index (κ1) is 25.6. The van der Waals surface area contributed by atoms with Crippen LogP contribution in [0.15, 0.2) is 82.4 Å². The monoisotopic (exact) mass is 577 g/mol. The predicted molar refractivity (Wildman–Crippen MR) is 149 cm³/mol. The zero-order valence-electron chi connectivity index (χ0n) is 20.3. The number of hydrazone groups is 1. The van der Waals surface area contributed by atoms with Gasteiger partial charge in [-0.1, -0.05) is 46.3 Å². The highest BCUT2D eigenvalue weighted by molar-refractivity contribution is 9.10. The van der Waals surface area contributed by atoms with E-state index in [2.05, 4.69) is 46.7 Å². The number of aromatic nitrogens is 3. The number of benzene rings is 3. The highest BCUT2D eigenvalue weighted by atomic mass is 79.9. The molecule has 0 unspecified atom stereocenters. The van der Waals surface area contributed by atoms with Crippen molar-refractivity contribution < 1.29 is 13.9 Å². The summed E-state index contributed by atoms with van der Waals surface area (Å²) in [7, 11) is 0. The van der Waals surface area contributed by atoms with Gasteiger partial charge in [-0.15, -0.1) is 0 Å². The zero-order chi connectivity index (χ0) is 26.2. The van der Waals surface area contributed by atoms with Crippen LogP contribution in [0.25, 0.3) is 0 Å². The third-order valence-electron chi connectivity index (χ3n) is 5.60. The number of hydrogen-bond donors (Lipinski definition) is 2. The van der Waals surface area contributed by atoms with Gasteiger partial charge in [0.1, 0.15) is 18.2 Å². The molecule has 9 nitrogen and oxygen atoms in total. The Labute approximate surface area is 227 Å². The molecule has 0 radical (unpaired) electrons. The van der Waals surface area contributed by atoms with E-state index in [-0.39, 0.29) is 5.82 Å². The summed E-state index contributed by atoms with van der Waals surface area (Å²) in [6.45, 7) is 2.88. The molecule has 5 rings (SSSR count). The Morgan fingerprint density at radius 3 is 2.53 bits per heavy atom. The number of morpholine rings is 1. The first-order valence-electron chi connectivity index (χ1n) is 12.0. The SMILES string of the molecule is Fc1ccc(COc2ccc(Br)cc2/C=N/Nc2nc(Nc3ccccc3)nc(N3CCOCC3)n2)cc1. The lowest BCUT2D eigenvalue weighted by molar-refractivity contribution is 0.122. The van der Waals surface area contributed by atoms with E-state index in [0.29, 0.717) is 56.5 Å². The van der Waals surface area contributed by atoms with Crippen LogP contribution >= 0.6 is 15.9 Å². The molecule has 0 aliphatic carbocycles. The van der Waals surface area contributed by atoms with Crippen LogP contribution in [-0.2, 0) is 11.3 Å². The number of nitrogens with one attached hydrogen (secondary N) is 2. The van der Waals surface area contributed by atoms with Crippen LogP contribution in [0.4, 0.5) is 27.9 Å². The van der Waals surface area contributed by atoms with Crippen molar-refractivity contribution in [2.75, 3.05) is 41.9 Å². The van der Waals surface area contributed by atoms with E-state index in [9.17, 15) is 4.39 Å². The average molecular weight is 578 g/mol. The van der Waals surface area contributed by atoms with Crippen LogP contribution in [0.2, 0.25) is 0 Å². The molecule has 0 atom stereocenters. The van der Waals surface area contributed by atoms with Gasteiger partial charge in [0.2, 0.25) is 17.8 Å².